The molecule has 0 aliphatic rings. The second-order valence-electron chi connectivity index (χ2n) is 6.17. The lowest BCUT2D eigenvalue weighted by atomic mass is 10.3. The van der Waals surface area contributed by atoms with E-state index in [1.807, 2.05) is 0 Å². The zero-order valence-corrected chi connectivity index (χ0v) is 16.9. The van der Waals surface area contributed by atoms with Crippen molar-refractivity contribution in [3.8, 4) is 11.7 Å². The summed E-state index contributed by atoms with van der Waals surface area (Å²) >= 11 is 5.79. The van der Waals surface area contributed by atoms with Crippen LogP contribution in [0, 0.1) is 6.92 Å². The maximum atomic E-state index is 13.2. The molecule has 0 aromatic carbocycles. The Labute approximate surface area is 171 Å². The largest absolute Gasteiger partial charge is 0.468 e. The molecule has 0 N–H and O–H groups in total. The Balaban J connectivity index is 1.69. The predicted molar refractivity (Wildman–Crippen MR) is 103 cm³/mol. The number of aromatic nitrogens is 2. The lowest BCUT2D eigenvalue weighted by Gasteiger charge is -2.20. The van der Waals surface area contributed by atoms with Crippen molar-refractivity contribution in [3.05, 3.63) is 77.5 Å². The van der Waals surface area contributed by atoms with Crippen LogP contribution in [-0.2, 0) is 23.1 Å². The van der Waals surface area contributed by atoms with E-state index in [1.54, 1.807) is 31.2 Å². The van der Waals surface area contributed by atoms with Gasteiger partial charge in [0, 0.05) is 6.20 Å². The van der Waals surface area contributed by atoms with E-state index in [0.717, 1.165) is 0 Å². The highest BCUT2D eigenvalue weighted by atomic mass is 35.5. The van der Waals surface area contributed by atoms with Gasteiger partial charge in [0.1, 0.15) is 21.6 Å². The average Bonchev–Trinajstić information content (AvgIpc) is 3.44. The minimum absolute atomic E-state index is 0.0142. The number of rotatable bonds is 7. The van der Waals surface area contributed by atoms with Crippen LogP contribution >= 0.6 is 11.6 Å². The molecule has 0 fully saturated rings. The highest BCUT2D eigenvalue weighted by molar-refractivity contribution is 7.89. The van der Waals surface area contributed by atoms with Gasteiger partial charge in [-0.1, -0.05) is 11.6 Å². The van der Waals surface area contributed by atoms with Gasteiger partial charge in [-0.2, -0.15) is 4.31 Å². The quantitative estimate of drug-likeness (QED) is 0.401. The number of nitrogens with zero attached hydrogens (tertiary/aromatic N) is 3. The first-order valence-electron chi connectivity index (χ1n) is 8.58. The number of pyridine rings is 1. The Bertz CT molecular complexity index is 1180. The van der Waals surface area contributed by atoms with Crippen molar-refractivity contribution >= 4 is 21.6 Å². The van der Waals surface area contributed by atoms with E-state index >= 15 is 0 Å². The van der Waals surface area contributed by atoms with Gasteiger partial charge < -0.3 is 13.3 Å². The average molecular weight is 434 g/mol. The minimum Gasteiger partial charge on any atom is -0.468 e. The molecule has 4 aromatic heterocycles. The van der Waals surface area contributed by atoms with Crippen LogP contribution in [0.4, 0.5) is 0 Å². The molecule has 4 heterocycles. The number of sulfonamides is 1. The fourth-order valence-electron chi connectivity index (χ4n) is 2.71. The normalized spacial score (nSPS) is 12.0. The molecule has 0 spiro atoms. The van der Waals surface area contributed by atoms with Crippen LogP contribution < -0.4 is 0 Å². The second-order valence-corrected chi connectivity index (χ2v) is 8.49. The Hall–Kier alpha value is -2.88. The van der Waals surface area contributed by atoms with Crippen LogP contribution in [0.25, 0.3) is 11.7 Å². The first-order valence-corrected chi connectivity index (χ1v) is 10.4. The number of furan rings is 2. The van der Waals surface area contributed by atoms with Crippen LogP contribution in [-0.4, -0.2) is 22.7 Å². The van der Waals surface area contributed by atoms with E-state index in [9.17, 15) is 8.42 Å². The van der Waals surface area contributed by atoms with E-state index in [2.05, 4.69) is 9.97 Å². The standard InChI is InChI=1S/C19H16ClN3O5S/c1-13-16(22-19(28-13)17-5-3-9-27-17)12-23(11-14-4-2-8-26-14)29(24,25)15-6-7-18(20)21-10-15/h2-10H,11-12H2,1H3. The van der Waals surface area contributed by atoms with Gasteiger partial charge >= 0.3 is 0 Å². The van der Waals surface area contributed by atoms with Crippen molar-refractivity contribution in [2.24, 2.45) is 0 Å². The molecule has 8 nitrogen and oxygen atoms in total. The van der Waals surface area contributed by atoms with E-state index in [-0.39, 0.29) is 29.0 Å². The molecule has 4 rings (SSSR count). The molecule has 0 amide bonds. The molecule has 0 saturated heterocycles. The molecule has 0 saturated carbocycles. The Morgan fingerprint density at radius 3 is 2.52 bits per heavy atom. The Morgan fingerprint density at radius 1 is 1.07 bits per heavy atom. The van der Waals surface area contributed by atoms with Crippen LogP contribution in [0.5, 0.6) is 0 Å². The SMILES string of the molecule is Cc1oc(-c2ccco2)nc1CN(Cc1ccco1)S(=O)(=O)c1ccc(Cl)nc1. The molecule has 0 unspecified atom stereocenters. The molecular formula is C19H16ClN3O5S. The molecule has 0 radical (unpaired) electrons. The van der Waals surface area contributed by atoms with Crippen molar-refractivity contribution in [1.82, 2.24) is 14.3 Å². The number of hydrogen-bond acceptors (Lipinski definition) is 7. The molecule has 0 aliphatic heterocycles. The van der Waals surface area contributed by atoms with E-state index in [1.165, 1.54) is 35.2 Å². The molecule has 0 aliphatic carbocycles. The summed E-state index contributed by atoms with van der Waals surface area (Å²) in [6.07, 6.45) is 4.22. The number of oxazole rings is 1. The summed E-state index contributed by atoms with van der Waals surface area (Å²) in [7, 11) is -3.91. The van der Waals surface area contributed by atoms with Crippen LogP contribution in [0.15, 0.2) is 73.3 Å². The van der Waals surface area contributed by atoms with E-state index < -0.39 is 10.0 Å². The van der Waals surface area contributed by atoms with Crippen molar-refractivity contribution in [3.63, 3.8) is 0 Å². The Kier molecular flexibility index (Phi) is 5.27. The highest BCUT2D eigenvalue weighted by Crippen LogP contribution is 2.26. The summed E-state index contributed by atoms with van der Waals surface area (Å²) in [5.41, 5.74) is 0.466. The van der Waals surface area contributed by atoms with Crippen molar-refractivity contribution < 1.29 is 21.7 Å². The number of hydrogen-bond donors (Lipinski definition) is 0. The summed E-state index contributed by atoms with van der Waals surface area (Å²) in [6.45, 7) is 1.71. The van der Waals surface area contributed by atoms with Crippen molar-refractivity contribution in [1.29, 1.82) is 0 Å². The summed E-state index contributed by atoms with van der Waals surface area (Å²) in [4.78, 5) is 8.30. The first kappa shape index (κ1) is 19.4. The molecule has 4 aromatic rings. The third kappa shape index (κ3) is 4.12. The van der Waals surface area contributed by atoms with Crippen LogP contribution in [0.1, 0.15) is 17.2 Å². The van der Waals surface area contributed by atoms with E-state index in [0.29, 0.717) is 23.0 Å². The fourth-order valence-corrected chi connectivity index (χ4v) is 4.14. The summed E-state index contributed by atoms with van der Waals surface area (Å²) < 4.78 is 44.0. The third-order valence-electron chi connectivity index (χ3n) is 4.20. The fraction of sp³-hybridized carbons (Fsp3) is 0.158. The van der Waals surface area contributed by atoms with Gasteiger partial charge in [-0.15, -0.1) is 0 Å². The molecular weight excluding hydrogens is 418 g/mol. The first-order chi connectivity index (χ1) is 13.9. The minimum atomic E-state index is -3.91. The highest BCUT2D eigenvalue weighted by Gasteiger charge is 2.28. The second kappa shape index (κ2) is 7.86. The zero-order valence-electron chi connectivity index (χ0n) is 15.3. The lowest BCUT2D eigenvalue weighted by molar-refractivity contribution is 0.354. The van der Waals surface area contributed by atoms with Crippen molar-refractivity contribution in [2.75, 3.05) is 0 Å². The smallest absolute Gasteiger partial charge is 0.263 e. The van der Waals surface area contributed by atoms with Gasteiger partial charge in [-0.25, -0.2) is 18.4 Å². The monoisotopic (exact) mass is 433 g/mol. The number of aryl methyl sites for hydroxylation is 1. The summed E-state index contributed by atoms with van der Waals surface area (Å²) in [6, 6.07) is 9.66. The van der Waals surface area contributed by atoms with Gasteiger partial charge in [0.2, 0.25) is 10.0 Å². The van der Waals surface area contributed by atoms with E-state index in [4.69, 9.17) is 24.9 Å². The summed E-state index contributed by atoms with van der Waals surface area (Å²) in [5, 5.41) is 0.206. The molecule has 0 bridgehead atoms. The number of halogens is 1. The molecule has 0 atom stereocenters. The van der Waals surface area contributed by atoms with Gasteiger partial charge in [0.15, 0.2) is 5.76 Å². The zero-order chi connectivity index (χ0) is 20.4. The maximum Gasteiger partial charge on any atom is 0.263 e. The predicted octanol–water partition coefficient (Wildman–Crippen LogP) is 4.28. The van der Waals surface area contributed by atoms with Crippen molar-refractivity contribution in [2.45, 2.75) is 24.9 Å². The topological polar surface area (TPSA) is 103 Å². The van der Waals surface area contributed by atoms with Gasteiger partial charge in [-0.3, -0.25) is 0 Å². The van der Waals surface area contributed by atoms with Crippen LogP contribution in [0.2, 0.25) is 5.15 Å². The molecule has 29 heavy (non-hydrogen) atoms. The summed E-state index contributed by atoms with van der Waals surface area (Å²) in [5.74, 6) is 1.72. The van der Waals surface area contributed by atoms with Gasteiger partial charge in [0.05, 0.1) is 31.3 Å². The van der Waals surface area contributed by atoms with Crippen LogP contribution in [0.3, 0.4) is 0 Å². The lowest BCUT2D eigenvalue weighted by Crippen LogP contribution is -2.30. The third-order valence-corrected chi connectivity index (χ3v) is 6.20. The molecule has 150 valence electrons. The van der Waals surface area contributed by atoms with Gasteiger partial charge in [0.25, 0.3) is 5.89 Å². The maximum absolute atomic E-state index is 13.2. The Morgan fingerprint density at radius 2 is 1.86 bits per heavy atom. The van der Waals surface area contributed by atoms with Gasteiger partial charge in [-0.05, 0) is 43.3 Å². The molecule has 10 heteroatoms.